The van der Waals surface area contributed by atoms with Crippen LogP contribution in [-0.4, -0.2) is 28.3 Å². The second-order valence-corrected chi connectivity index (χ2v) is 13.7. The minimum absolute atomic E-state index is 0.0752. The lowest BCUT2D eigenvalue weighted by Crippen LogP contribution is -2.36. The van der Waals surface area contributed by atoms with Crippen LogP contribution in [0.3, 0.4) is 0 Å². The van der Waals surface area contributed by atoms with Gasteiger partial charge < -0.3 is 19.1 Å². The molecule has 4 heteroatoms. The lowest BCUT2D eigenvalue weighted by atomic mass is 9.64. The van der Waals surface area contributed by atoms with Gasteiger partial charge in [0.25, 0.3) is 0 Å². The first-order chi connectivity index (χ1) is 23.0. The molecular formula is C43H43NO3. The lowest BCUT2D eigenvalue weighted by molar-refractivity contribution is 0.162. The number of fused-ring (bicyclic) bond motifs is 9. The van der Waals surface area contributed by atoms with E-state index in [0.29, 0.717) is 0 Å². The van der Waals surface area contributed by atoms with Gasteiger partial charge in [0.2, 0.25) is 0 Å². The van der Waals surface area contributed by atoms with E-state index in [0.717, 1.165) is 52.3 Å². The molecule has 0 amide bonds. The molecule has 3 aliphatic rings. The molecule has 1 fully saturated rings. The van der Waals surface area contributed by atoms with Crippen LogP contribution in [-0.2, 0) is 17.4 Å². The van der Waals surface area contributed by atoms with Crippen LogP contribution in [0.15, 0.2) is 97.1 Å². The van der Waals surface area contributed by atoms with Crippen LogP contribution in [0.1, 0.15) is 66.3 Å². The number of rotatable bonds is 5. The Hall–Kier alpha value is -4.70. The number of hydrogen-bond donors (Lipinski definition) is 0. The molecule has 1 aliphatic heterocycles. The second-order valence-electron chi connectivity index (χ2n) is 13.7. The molecule has 5 aromatic carbocycles. The van der Waals surface area contributed by atoms with Gasteiger partial charge in [0, 0.05) is 41.9 Å². The Morgan fingerprint density at radius 2 is 1.40 bits per heavy atom. The fourth-order valence-corrected chi connectivity index (χ4v) is 8.62. The number of nitrogens with zero attached hydrogens (tertiary/aromatic N) is 1. The Morgan fingerprint density at radius 3 is 2.13 bits per heavy atom. The summed E-state index contributed by atoms with van der Waals surface area (Å²) in [6.45, 7) is 0. The van der Waals surface area contributed by atoms with Crippen LogP contribution >= 0.6 is 0 Å². The molecule has 0 N–H and O–H groups in total. The van der Waals surface area contributed by atoms with Crippen LogP contribution in [0, 0.1) is 0 Å². The predicted octanol–water partition coefficient (Wildman–Crippen LogP) is 10.1. The monoisotopic (exact) mass is 621 g/mol. The molecule has 1 saturated carbocycles. The van der Waals surface area contributed by atoms with Crippen molar-refractivity contribution in [3.05, 3.63) is 125 Å². The summed E-state index contributed by atoms with van der Waals surface area (Å²) >= 11 is 0. The van der Waals surface area contributed by atoms with Crippen molar-refractivity contribution in [2.24, 2.45) is 0 Å². The lowest BCUT2D eigenvalue weighted by Gasteiger charge is -2.43. The van der Waals surface area contributed by atoms with E-state index in [1.807, 2.05) is 0 Å². The van der Waals surface area contributed by atoms with Gasteiger partial charge in [-0.1, -0.05) is 73.9 Å². The van der Waals surface area contributed by atoms with Gasteiger partial charge in [-0.3, -0.25) is 0 Å². The summed E-state index contributed by atoms with van der Waals surface area (Å²) in [5.74, 6) is 2.70. The van der Waals surface area contributed by atoms with E-state index in [-0.39, 0.29) is 5.41 Å². The van der Waals surface area contributed by atoms with Crippen LogP contribution < -0.4 is 19.1 Å². The van der Waals surface area contributed by atoms with Gasteiger partial charge in [0.05, 0.1) is 14.2 Å². The highest BCUT2D eigenvalue weighted by Crippen LogP contribution is 2.58. The highest BCUT2D eigenvalue weighted by atomic mass is 16.5. The third-order valence-electron chi connectivity index (χ3n) is 11.1. The summed E-state index contributed by atoms with van der Waals surface area (Å²) in [7, 11) is 7.67. The molecule has 1 spiro atoms. The van der Waals surface area contributed by atoms with Crippen molar-refractivity contribution >= 4 is 22.5 Å². The number of hydrogen-bond acceptors (Lipinski definition) is 4. The maximum absolute atomic E-state index is 7.59. The van der Waals surface area contributed by atoms with Gasteiger partial charge in [-0.2, -0.15) is 0 Å². The topological polar surface area (TPSA) is 30.9 Å². The normalized spacial score (nSPS) is 19.2. The first-order valence-electron chi connectivity index (χ1n) is 17.0. The van der Waals surface area contributed by atoms with E-state index in [1.165, 1.54) is 65.3 Å². The van der Waals surface area contributed by atoms with E-state index >= 15 is 0 Å². The molecule has 0 radical (unpaired) electrons. The molecule has 1 unspecified atom stereocenters. The van der Waals surface area contributed by atoms with E-state index in [1.54, 1.807) is 14.2 Å². The molecule has 47 heavy (non-hydrogen) atoms. The van der Waals surface area contributed by atoms with Crippen LogP contribution in [0.25, 0.3) is 28.0 Å². The summed E-state index contributed by atoms with van der Waals surface area (Å²) in [5, 5.41) is 2.31. The maximum Gasteiger partial charge on any atom is 0.178 e. The minimum Gasteiger partial charge on any atom is -0.497 e. The van der Waals surface area contributed by atoms with Gasteiger partial charge in [-0.15, -0.1) is 0 Å². The van der Waals surface area contributed by atoms with Crippen molar-refractivity contribution in [3.8, 4) is 28.4 Å². The summed E-state index contributed by atoms with van der Waals surface area (Å²) < 4.78 is 19.2. The SMILES string of the molecule is COc1ccc2c(c1)CCC1(CCCCC1)c1c3c(c4cc(OC)ccc4c1-2)OC(c1ccccc1)(c1ccc(N(C)C)cc1)C=C3. The molecule has 0 saturated heterocycles. The molecule has 2 aliphatic carbocycles. The number of ether oxygens (including phenoxy) is 3. The van der Waals surface area contributed by atoms with Crippen molar-refractivity contribution in [3.63, 3.8) is 0 Å². The molecule has 1 atom stereocenters. The second kappa shape index (κ2) is 11.5. The maximum atomic E-state index is 7.59. The Labute approximate surface area is 278 Å². The summed E-state index contributed by atoms with van der Waals surface area (Å²) in [5.41, 5.74) is 9.38. The predicted molar refractivity (Wildman–Crippen MR) is 193 cm³/mol. The summed E-state index contributed by atoms with van der Waals surface area (Å²) in [6, 6.07) is 32.7. The molecule has 5 aromatic rings. The average Bonchev–Trinajstić information content (AvgIpc) is 3.26. The van der Waals surface area contributed by atoms with E-state index in [2.05, 4.69) is 122 Å². The van der Waals surface area contributed by atoms with Crippen molar-refractivity contribution in [2.75, 3.05) is 33.2 Å². The Kier molecular flexibility index (Phi) is 7.28. The molecule has 0 bridgehead atoms. The highest BCUT2D eigenvalue weighted by molar-refractivity contribution is 6.07. The van der Waals surface area contributed by atoms with E-state index in [4.69, 9.17) is 14.2 Å². The average molecular weight is 622 g/mol. The molecule has 8 rings (SSSR count). The number of benzene rings is 5. The number of aryl methyl sites for hydroxylation is 1. The molecule has 4 nitrogen and oxygen atoms in total. The number of anilines is 1. The minimum atomic E-state index is -0.793. The molecule has 0 aromatic heterocycles. The molecule has 1 heterocycles. The van der Waals surface area contributed by atoms with Crippen molar-refractivity contribution in [1.29, 1.82) is 0 Å². The zero-order valence-electron chi connectivity index (χ0n) is 27.9. The van der Waals surface area contributed by atoms with Crippen molar-refractivity contribution < 1.29 is 14.2 Å². The van der Waals surface area contributed by atoms with Crippen LogP contribution in [0.2, 0.25) is 0 Å². The summed E-state index contributed by atoms with van der Waals surface area (Å²) in [6.07, 6.45) is 13.1. The Morgan fingerprint density at radius 1 is 0.702 bits per heavy atom. The zero-order chi connectivity index (χ0) is 32.2. The van der Waals surface area contributed by atoms with Gasteiger partial charge in [-0.05, 0) is 107 Å². The Bertz CT molecular complexity index is 1990. The standard InChI is InChI=1S/C43H43NO3/c1-44(2)32-15-13-31(14-16-32)43(30-11-7-5-8-12-30)26-22-37-40-39(36-20-18-34(46-4)28-38(36)41(37)47-43)35-19-17-33(45-3)27-29(35)21-25-42(40)23-9-6-10-24-42/h5,7-8,11-20,22,26-28H,6,9-10,21,23-25H2,1-4H3. The van der Waals surface area contributed by atoms with Gasteiger partial charge in [0.15, 0.2) is 5.60 Å². The van der Waals surface area contributed by atoms with Gasteiger partial charge in [-0.25, -0.2) is 0 Å². The third kappa shape index (κ3) is 4.72. The third-order valence-corrected chi connectivity index (χ3v) is 11.1. The first kappa shape index (κ1) is 29.7. The first-order valence-corrected chi connectivity index (χ1v) is 17.0. The van der Waals surface area contributed by atoms with Crippen molar-refractivity contribution in [2.45, 2.75) is 56.0 Å². The fourth-order valence-electron chi connectivity index (χ4n) is 8.62. The highest BCUT2D eigenvalue weighted by Gasteiger charge is 2.45. The van der Waals surface area contributed by atoms with Gasteiger partial charge in [0.1, 0.15) is 17.2 Å². The van der Waals surface area contributed by atoms with Crippen molar-refractivity contribution in [1.82, 2.24) is 0 Å². The van der Waals surface area contributed by atoms with Crippen LogP contribution in [0.5, 0.6) is 17.2 Å². The fraction of sp³-hybridized carbons (Fsp3) is 0.302. The van der Waals surface area contributed by atoms with Crippen LogP contribution in [0.4, 0.5) is 5.69 Å². The molecule has 238 valence electrons. The quantitative estimate of drug-likeness (QED) is 0.195. The summed E-state index contributed by atoms with van der Waals surface area (Å²) in [4.78, 5) is 2.14. The van der Waals surface area contributed by atoms with E-state index in [9.17, 15) is 0 Å². The largest absolute Gasteiger partial charge is 0.497 e. The zero-order valence-corrected chi connectivity index (χ0v) is 27.9. The number of methoxy groups -OCH3 is 2. The van der Waals surface area contributed by atoms with E-state index < -0.39 is 5.60 Å². The Balaban J connectivity index is 1.46. The van der Waals surface area contributed by atoms with Gasteiger partial charge >= 0.3 is 0 Å². The smallest absolute Gasteiger partial charge is 0.178 e. The molecular weight excluding hydrogens is 578 g/mol.